The first-order chi connectivity index (χ1) is 11.1. The van der Waals surface area contributed by atoms with Crippen LogP contribution in [0.3, 0.4) is 0 Å². The highest BCUT2D eigenvalue weighted by molar-refractivity contribution is 7.99. The minimum Gasteiger partial charge on any atom is -0.428 e. The van der Waals surface area contributed by atoms with Crippen LogP contribution in [0.4, 0.5) is 4.79 Å². The molecule has 0 aliphatic carbocycles. The molecular formula is C19H27O4S+. The van der Waals surface area contributed by atoms with Gasteiger partial charge in [0.05, 0.1) is 0 Å². The fraction of sp³-hybridized carbons (Fsp3) is 0.579. The van der Waals surface area contributed by atoms with Crippen molar-refractivity contribution in [2.45, 2.75) is 57.8 Å². The SMILES string of the molecule is CC(C)(C)OC(=O)Oc1ccc(C(=O)C(C)(C)[S+]2CCCC2)cc1. The summed E-state index contributed by atoms with van der Waals surface area (Å²) >= 11 is 0. The molecule has 5 heteroatoms. The van der Waals surface area contributed by atoms with Gasteiger partial charge in [-0.05, 0) is 71.7 Å². The van der Waals surface area contributed by atoms with E-state index >= 15 is 0 Å². The van der Waals surface area contributed by atoms with Crippen LogP contribution < -0.4 is 4.74 Å². The summed E-state index contributed by atoms with van der Waals surface area (Å²) in [7, 11) is 0.151. The number of hydrogen-bond donors (Lipinski definition) is 0. The normalized spacial score (nSPS) is 16.0. The Balaban J connectivity index is 2.03. The number of Topliss-reactive ketones (excluding diaryl/α,β-unsaturated/α-hetero) is 1. The molecule has 1 aliphatic heterocycles. The Morgan fingerprint density at radius 3 is 2.00 bits per heavy atom. The Morgan fingerprint density at radius 2 is 1.50 bits per heavy atom. The molecule has 4 nitrogen and oxygen atoms in total. The molecule has 0 unspecified atom stereocenters. The summed E-state index contributed by atoms with van der Waals surface area (Å²) in [6.07, 6.45) is 1.71. The van der Waals surface area contributed by atoms with Crippen molar-refractivity contribution in [3.8, 4) is 5.75 Å². The average Bonchev–Trinajstić information content (AvgIpc) is 3.00. The fourth-order valence-corrected chi connectivity index (χ4v) is 5.40. The lowest BCUT2D eigenvalue weighted by Crippen LogP contribution is -2.41. The predicted octanol–water partition coefficient (Wildman–Crippen LogP) is 4.37. The van der Waals surface area contributed by atoms with E-state index in [1.165, 1.54) is 12.8 Å². The van der Waals surface area contributed by atoms with Gasteiger partial charge in [-0.2, -0.15) is 0 Å². The molecule has 1 heterocycles. The topological polar surface area (TPSA) is 52.6 Å². The summed E-state index contributed by atoms with van der Waals surface area (Å²) in [5.41, 5.74) is 0.0649. The quantitative estimate of drug-likeness (QED) is 0.350. The van der Waals surface area contributed by atoms with Crippen LogP contribution in [0.15, 0.2) is 24.3 Å². The van der Waals surface area contributed by atoms with Gasteiger partial charge in [-0.3, -0.25) is 4.79 Å². The molecule has 1 saturated heterocycles. The van der Waals surface area contributed by atoms with Crippen LogP contribution in [0.1, 0.15) is 57.8 Å². The van der Waals surface area contributed by atoms with Gasteiger partial charge in [-0.25, -0.2) is 4.79 Å². The molecule has 0 amide bonds. The summed E-state index contributed by atoms with van der Waals surface area (Å²) < 4.78 is 9.92. The summed E-state index contributed by atoms with van der Waals surface area (Å²) in [4.78, 5) is 24.5. The van der Waals surface area contributed by atoms with E-state index in [1.54, 1.807) is 45.0 Å². The van der Waals surface area contributed by atoms with Crippen molar-refractivity contribution in [2.75, 3.05) is 11.5 Å². The first-order valence-electron chi connectivity index (χ1n) is 8.33. The van der Waals surface area contributed by atoms with E-state index in [0.29, 0.717) is 11.3 Å². The van der Waals surface area contributed by atoms with Crippen LogP contribution in [0, 0.1) is 0 Å². The number of ether oxygens (including phenoxy) is 2. The first-order valence-corrected chi connectivity index (χ1v) is 9.89. The standard InChI is InChI=1S/C19H27O4S/c1-18(2,3)23-17(21)22-15-10-8-14(9-11-15)16(20)19(4,5)24-12-6-7-13-24/h8-11H,6-7,12-13H2,1-5H3/q+1. The van der Waals surface area contributed by atoms with Crippen LogP contribution >= 0.6 is 0 Å². The number of ketones is 1. The second-order valence-electron chi connectivity index (χ2n) is 7.54. The van der Waals surface area contributed by atoms with E-state index in [4.69, 9.17) is 9.47 Å². The molecule has 2 rings (SSSR count). The van der Waals surface area contributed by atoms with Gasteiger partial charge < -0.3 is 9.47 Å². The van der Waals surface area contributed by atoms with Crippen molar-refractivity contribution in [1.82, 2.24) is 0 Å². The Morgan fingerprint density at radius 1 is 0.958 bits per heavy atom. The van der Waals surface area contributed by atoms with Crippen LogP contribution in [-0.4, -0.2) is 33.8 Å². The maximum Gasteiger partial charge on any atom is 0.514 e. The summed E-state index contributed by atoms with van der Waals surface area (Å²) in [5, 5.41) is 0. The molecule has 1 aromatic rings. The zero-order valence-corrected chi connectivity index (χ0v) is 16.0. The van der Waals surface area contributed by atoms with Crippen LogP contribution in [0.5, 0.6) is 5.75 Å². The number of carbonyl (C=O) groups is 2. The van der Waals surface area contributed by atoms with E-state index < -0.39 is 11.8 Å². The molecule has 0 bridgehead atoms. The molecule has 1 aliphatic rings. The number of carbonyl (C=O) groups excluding carboxylic acids is 2. The zero-order chi connectivity index (χ0) is 18.0. The minimum atomic E-state index is -0.741. The third-order valence-corrected chi connectivity index (χ3v) is 7.20. The van der Waals surface area contributed by atoms with Crippen molar-refractivity contribution in [2.24, 2.45) is 0 Å². The van der Waals surface area contributed by atoms with Crippen LogP contribution in [-0.2, 0) is 15.6 Å². The van der Waals surface area contributed by atoms with Gasteiger partial charge in [0, 0.05) is 16.5 Å². The smallest absolute Gasteiger partial charge is 0.428 e. The maximum atomic E-state index is 12.8. The Labute approximate surface area is 147 Å². The highest BCUT2D eigenvalue weighted by Crippen LogP contribution is 2.31. The molecular weight excluding hydrogens is 324 g/mol. The number of hydrogen-bond acceptors (Lipinski definition) is 4. The number of rotatable bonds is 4. The van der Waals surface area contributed by atoms with Crippen LogP contribution in [0.2, 0.25) is 0 Å². The molecule has 0 radical (unpaired) electrons. The zero-order valence-electron chi connectivity index (χ0n) is 15.2. The van der Waals surface area contributed by atoms with Gasteiger partial charge in [-0.15, -0.1) is 0 Å². The molecule has 1 fully saturated rings. The Kier molecular flexibility index (Phi) is 5.63. The molecule has 0 saturated carbocycles. The molecule has 0 aromatic heterocycles. The van der Waals surface area contributed by atoms with E-state index in [9.17, 15) is 9.59 Å². The second-order valence-corrected chi connectivity index (χ2v) is 10.4. The van der Waals surface area contributed by atoms with Gasteiger partial charge >= 0.3 is 6.16 Å². The highest BCUT2D eigenvalue weighted by atomic mass is 32.2. The van der Waals surface area contributed by atoms with Crippen molar-refractivity contribution < 1.29 is 19.1 Å². The highest BCUT2D eigenvalue weighted by Gasteiger charge is 2.47. The van der Waals surface area contributed by atoms with Gasteiger partial charge in [0.25, 0.3) is 0 Å². The second kappa shape index (κ2) is 7.18. The molecule has 24 heavy (non-hydrogen) atoms. The Hall–Kier alpha value is -1.49. The van der Waals surface area contributed by atoms with Crippen molar-refractivity contribution in [3.63, 3.8) is 0 Å². The predicted molar refractivity (Wildman–Crippen MR) is 98.0 cm³/mol. The summed E-state index contributed by atoms with van der Waals surface area (Å²) in [5.74, 6) is 2.84. The van der Waals surface area contributed by atoms with Gasteiger partial charge in [0.15, 0.2) is 4.75 Å². The third-order valence-electron chi connectivity index (χ3n) is 4.01. The molecule has 0 spiro atoms. The van der Waals surface area contributed by atoms with Crippen molar-refractivity contribution in [3.05, 3.63) is 29.8 Å². The van der Waals surface area contributed by atoms with Gasteiger partial charge in [0.2, 0.25) is 5.78 Å². The first kappa shape index (κ1) is 18.8. The largest absolute Gasteiger partial charge is 0.514 e. The van der Waals surface area contributed by atoms with E-state index in [-0.39, 0.29) is 21.4 Å². The summed E-state index contributed by atoms with van der Waals surface area (Å²) in [6, 6.07) is 6.74. The maximum absolute atomic E-state index is 12.8. The average molecular weight is 351 g/mol. The lowest BCUT2D eigenvalue weighted by molar-refractivity contribution is 0.0206. The van der Waals surface area contributed by atoms with Crippen LogP contribution in [0.25, 0.3) is 0 Å². The fourth-order valence-electron chi connectivity index (χ4n) is 2.69. The molecule has 0 atom stereocenters. The molecule has 132 valence electrons. The van der Waals surface area contributed by atoms with Crippen molar-refractivity contribution in [1.29, 1.82) is 0 Å². The minimum absolute atomic E-state index is 0.151. The number of benzene rings is 1. The van der Waals surface area contributed by atoms with E-state index in [2.05, 4.69) is 13.8 Å². The van der Waals surface area contributed by atoms with Gasteiger partial charge in [-0.1, -0.05) is 0 Å². The van der Waals surface area contributed by atoms with E-state index in [0.717, 1.165) is 11.5 Å². The lowest BCUT2D eigenvalue weighted by atomic mass is 10.0. The Bertz CT molecular complexity index is 593. The molecule has 1 aromatic carbocycles. The van der Waals surface area contributed by atoms with Crippen molar-refractivity contribution >= 4 is 22.8 Å². The lowest BCUT2D eigenvalue weighted by Gasteiger charge is -2.22. The third kappa shape index (κ3) is 4.76. The van der Waals surface area contributed by atoms with E-state index in [1.807, 2.05) is 0 Å². The summed E-state index contributed by atoms with van der Waals surface area (Å²) in [6.45, 7) is 9.44. The molecule has 0 N–H and O–H groups in total. The van der Waals surface area contributed by atoms with Gasteiger partial charge in [0.1, 0.15) is 22.9 Å². The monoisotopic (exact) mass is 351 g/mol.